The lowest BCUT2D eigenvalue weighted by Gasteiger charge is -2.32. The lowest BCUT2D eigenvalue weighted by molar-refractivity contribution is 0.0686. The van der Waals surface area contributed by atoms with Crippen molar-refractivity contribution in [3.63, 3.8) is 0 Å². The maximum Gasteiger partial charge on any atom is 0.253 e. The molecule has 1 aromatic carbocycles. The third-order valence-corrected chi connectivity index (χ3v) is 4.47. The van der Waals surface area contributed by atoms with E-state index in [-0.39, 0.29) is 5.91 Å². The monoisotopic (exact) mass is 297 g/mol. The van der Waals surface area contributed by atoms with E-state index in [9.17, 15) is 4.79 Å². The number of H-pyrrole nitrogens is 1. The Hall–Kier alpha value is -2.10. The van der Waals surface area contributed by atoms with Crippen LogP contribution in [0.5, 0.6) is 0 Å². The van der Waals surface area contributed by atoms with E-state index in [0.29, 0.717) is 5.92 Å². The number of carbonyl (C=O) groups is 1. The molecule has 0 saturated carbocycles. The molecule has 1 aliphatic heterocycles. The summed E-state index contributed by atoms with van der Waals surface area (Å²) in [6.07, 6.45) is 6.30. The molecular weight excluding hydrogens is 274 g/mol. The Balaban J connectivity index is 1.47. The molecule has 1 saturated heterocycles. The summed E-state index contributed by atoms with van der Waals surface area (Å²) in [5.74, 6) is 1.95. The zero-order valence-corrected chi connectivity index (χ0v) is 13.1. The zero-order valence-electron chi connectivity index (χ0n) is 13.1. The number of aromatic nitrogens is 2. The highest BCUT2D eigenvalue weighted by atomic mass is 16.2. The molecule has 0 atom stereocenters. The number of aromatic amines is 1. The van der Waals surface area contributed by atoms with E-state index in [0.717, 1.165) is 55.9 Å². The molecule has 2 aromatic rings. The lowest BCUT2D eigenvalue weighted by Crippen LogP contribution is -2.38. The number of benzene rings is 1. The van der Waals surface area contributed by atoms with Gasteiger partial charge in [-0.3, -0.25) is 4.79 Å². The van der Waals surface area contributed by atoms with E-state index >= 15 is 0 Å². The van der Waals surface area contributed by atoms with Gasteiger partial charge in [-0.25, -0.2) is 4.98 Å². The Kier molecular flexibility index (Phi) is 4.56. The quantitative estimate of drug-likeness (QED) is 0.942. The molecule has 1 amide bonds. The van der Waals surface area contributed by atoms with Crippen molar-refractivity contribution in [3.05, 3.63) is 53.6 Å². The molecule has 1 fully saturated rings. The Morgan fingerprint density at radius 3 is 2.64 bits per heavy atom. The van der Waals surface area contributed by atoms with Crippen LogP contribution in [0.4, 0.5) is 0 Å². The number of nitrogens with one attached hydrogen (secondary N) is 1. The molecule has 2 heterocycles. The molecule has 0 spiro atoms. The first-order valence-electron chi connectivity index (χ1n) is 8.07. The molecule has 4 nitrogen and oxygen atoms in total. The molecule has 3 rings (SSSR count). The first-order valence-corrected chi connectivity index (χ1v) is 8.07. The van der Waals surface area contributed by atoms with E-state index in [1.165, 1.54) is 0 Å². The van der Waals surface area contributed by atoms with Crippen LogP contribution in [-0.2, 0) is 6.42 Å². The van der Waals surface area contributed by atoms with Crippen molar-refractivity contribution < 1.29 is 4.79 Å². The third-order valence-electron chi connectivity index (χ3n) is 4.47. The van der Waals surface area contributed by atoms with Gasteiger partial charge in [-0.2, -0.15) is 0 Å². The predicted octanol–water partition coefficient (Wildman–Crippen LogP) is 3.20. The summed E-state index contributed by atoms with van der Waals surface area (Å²) in [6, 6.07) is 9.58. The minimum Gasteiger partial charge on any atom is -0.348 e. The van der Waals surface area contributed by atoms with Gasteiger partial charge in [0.25, 0.3) is 5.91 Å². The number of hydrogen-bond donors (Lipinski definition) is 1. The number of imidazole rings is 1. The van der Waals surface area contributed by atoms with Crippen LogP contribution in [0.15, 0.2) is 36.5 Å². The molecule has 22 heavy (non-hydrogen) atoms. The van der Waals surface area contributed by atoms with Crippen molar-refractivity contribution in [2.75, 3.05) is 13.1 Å². The number of hydrogen-bond acceptors (Lipinski definition) is 2. The summed E-state index contributed by atoms with van der Waals surface area (Å²) in [5.41, 5.74) is 1.85. The molecule has 0 unspecified atom stereocenters. The summed E-state index contributed by atoms with van der Waals surface area (Å²) in [6.45, 7) is 3.75. The maximum atomic E-state index is 12.4. The summed E-state index contributed by atoms with van der Waals surface area (Å²) in [4.78, 5) is 22.1. The SMILES string of the molecule is Cc1c[nH]c(CCC2CCN(C(=O)c3ccccc3)CC2)n1. The fourth-order valence-electron chi connectivity index (χ4n) is 3.12. The highest BCUT2D eigenvalue weighted by Crippen LogP contribution is 2.23. The maximum absolute atomic E-state index is 12.4. The van der Waals surface area contributed by atoms with Crippen molar-refractivity contribution in [2.24, 2.45) is 5.92 Å². The Morgan fingerprint density at radius 1 is 1.27 bits per heavy atom. The minimum absolute atomic E-state index is 0.167. The van der Waals surface area contributed by atoms with Crippen molar-refractivity contribution in [1.29, 1.82) is 0 Å². The van der Waals surface area contributed by atoms with Crippen molar-refractivity contribution in [2.45, 2.75) is 32.6 Å². The van der Waals surface area contributed by atoms with Gasteiger partial charge in [-0.15, -0.1) is 0 Å². The second-order valence-corrected chi connectivity index (χ2v) is 6.13. The largest absolute Gasteiger partial charge is 0.348 e. The zero-order chi connectivity index (χ0) is 15.4. The van der Waals surface area contributed by atoms with E-state index in [2.05, 4.69) is 9.97 Å². The third kappa shape index (κ3) is 3.56. The number of aryl methyl sites for hydroxylation is 2. The van der Waals surface area contributed by atoms with Gasteiger partial charge in [0.2, 0.25) is 0 Å². The average molecular weight is 297 g/mol. The van der Waals surface area contributed by atoms with Crippen LogP contribution in [-0.4, -0.2) is 33.9 Å². The molecule has 0 aliphatic carbocycles. The van der Waals surface area contributed by atoms with Crippen LogP contribution in [0.2, 0.25) is 0 Å². The highest BCUT2D eigenvalue weighted by molar-refractivity contribution is 5.94. The van der Waals surface area contributed by atoms with Crippen LogP contribution in [0.1, 0.15) is 41.1 Å². The fraction of sp³-hybridized carbons (Fsp3) is 0.444. The number of amides is 1. The van der Waals surface area contributed by atoms with Crippen LogP contribution in [0.25, 0.3) is 0 Å². The molecule has 1 aliphatic rings. The number of rotatable bonds is 4. The number of likely N-dealkylation sites (tertiary alicyclic amines) is 1. The van der Waals surface area contributed by atoms with Gasteiger partial charge < -0.3 is 9.88 Å². The molecule has 1 aromatic heterocycles. The van der Waals surface area contributed by atoms with Gasteiger partial charge >= 0.3 is 0 Å². The van der Waals surface area contributed by atoms with Gasteiger partial charge in [-0.1, -0.05) is 18.2 Å². The van der Waals surface area contributed by atoms with E-state index in [1.54, 1.807) is 0 Å². The van der Waals surface area contributed by atoms with Gasteiger partial charge in [0.1, 0.15) is 5.82 Å². The van der Waals surface area contributed by atoms with Gasteiger partial charge in [0.05, 0.1) is 5.69 Å². The molecule has 4 heteroatoms. The Bertz CT molecular complexity index is 612. The second-order valence-electron chi connectivity index (χ2n) is 6.13. The first-order chi connectivity index (χ1) is 10.7. The van der Waals surface area contributed by atoms with E-state index in [4.69, 9.17) is 0 Å². The molecule has 1 N–H and O–H groups in total. The topological polar surface area (TPSA) is 49.0 Å². The van der Waals surface area contributed by atoms with Gasteiger partial charge in [0.15, 0.2) is 0 Å². The smallest absolute Gasteiger partial charge is 0.253 e. The summed E-state index contributed by atoms with van der Waals surface area (Å²) >= 11 is 0. The first kappa shape index (κ1) is 14.8. The Morgan fingerprint density at radius 2 is 2.00 bits per heavy atom. The van der Waals surface area contributed by atoms with Crippen molar-refractivity contribution in [3.8, 4) is 0 Å². The van der Waals surface area contributed by atoms with E-state index in [1.807, 2.05) is 48.4 Å². The fourth-order valence-corrected chi connectivity index (χ4v) is 3.12. The van der Waals surface area contributed by atoms with Crippen molar-refractivity contribution in [1.82, 2.24) is 14.9 Å². The number of piperidine rings is 1. The summed E-state index contributed by atoms with van der Waals surface area (Å²) < 4.78 is 0. The highest BCUT2D eigenvalue weighted by Gasteiger charge is 2.23. The normalized spacial score (nSPS) is 16.0. The molecular formula is C18H23N3O. The molecule has 0 radical (unpaired) electrons. The molecule has 116 valence electrons. The number of carbonyl (C=O) groups excluding carboxylic acids is 1. The van der Waals surface area contributed by atoms with Gasteiger partial charge in [-0.05, 0) is 44.2 Å². The van der Waals surface area contributed by atoms with Crippen LogP contribution >= 0.6 is 0 Å². The van der Waals surface area contributed by atoms with Gasteiger partial charge in [0, 0.05) is 31.3 Å². The standard InChI is InChI=1S/C18H23N3O/c1-14-13-19-17(20-14)8-7-15-9-11-21(12-10-15)18(22)16-5-3-2-4-6-16/h2-6,13,15H,7-12H2,1H3,(H,19,20). The lowest BCUT2D eigenvalue weighted by atomic mass is 9.92. The summed E-state index contributed by atoms with van der Waals surface area (Å²) in [5, 5.41) is 0. The van der Waals surface area contributed by atoms with Crippen LogP contribution in [0.3, 0.4) is 0 Å². The minimum atomic E-state index is 0.167. The molecule has 0 bridgehead atoms. The van der Waals surface area contributed by atoms with Crippen LogP contribution in [0, 0.1) is 12.8 Å². The predicted molar refractivity (Wildman–Crippen MR) is 86.7 cm³/mol. The van der Waals surface area contributed by atoms with Crippen LogP contribution < -0.4 is 0 Å². The van der Waals surface area contributed by atoms with E-state index < -0.39 is 0 Å². The number of nitrogens with zero attached hydrogens (tertiary/aromatic N) is 2. The summed E-state index contributed by atoms with van der Waals surface area (Å²) in [7, 11) is 0. The average Bonchev–Trinajstić information content (AvgIpc) is 2.99. The second kappa shape index (κ2) is 6.77. The van der Waals surface area contributed by atoms with Crippen molar-refractivity contribution >= 4 is 5.91 Å². The Labute approximate surface area is 131 Å².